The minimum absolute atomic E-state index is 0.143. The molecule has 0 radical (unpaired) electrons. The van der Waals surface area contributed by atoms with Crippen LogP contribution in [0.4, 0.5) is 10.5 Å². The zero-order valence-electron chi connectivity index (χ0n) is 19.2. The lowest BCUT2D eigenvalue weighted by molar-refractivity contribution is -0.0583. The number of hydrogen-bond donors (Lipinski definition) is 1. The number of nitrogens with zero attached hydrogens (tertiary/aromatic N) is 2. The maximum absolute atomic E-state index is 13.0. The molecule has 6 rings (SSSR count). The topological polar surface area (TPSA) is 63.7 Å². The number of ether oxygens (including phenoxy) is 2. The maximum atomic E-state index is 13.0. The molecular weight excluding hydrogens is 414 g/mol. The zero-order valence-corrected chi connectivity index (χ0v) is 19.2. The first-order valence-corrected chi connectivity index (χ1v) is 11.9. The summed E-state index contributed by atoms with van der Waals surface area (Å²) in [7, 11) is 1.66. The SMILES string of the molecule is CCC1CN2CCC1CC2C(OC(=O)Nc1ccccc1)c1ccnc2ccc(OC)cc12. The molecule has 5 unspecified atom stereocenters. The van der Waals surface area contributed by atoms with Gasteiger partial charge >= 0.3 is 6.09 Å². The van der Waals surface area contributed by atoms with Gasteiger partial charge in [0.05, 0.1) is 18.7 Å². The smallest absolute Gasteiger partial charge is 0.412 e. The van der Waals surface area contributed by atoms with E-state index in [1.165, 1.54) is 12.8 Å². The Morgan fingerprint density at radius 3 is 2.79 bits per heavy atom. The van der Waals surface area contributed by atoms with Crippen LogP contribution in [-0.4, -0.2) is 42.2 Å². The highest BCUT2D eigenvalue weighted by atomic mass is 16.6. The van der Waals surface area contributed by atoms with Gasteiger partial charge in [0.25, 0.3) is 0 Å². The van der Waals surface area contributed by atoms with Gasteiger partial charge in [-0.05, 0) is 67.6 Å². The van der Waals surface area contributed by atoms with Gasteiger partial charge in [-0.2, -0.15) is 0 Å². The van der Waals surface area contributed by atoms with E-state index in [4.69, 9.17) is 9.47 Å². The third kappa shape index (κ3) is 4.40. The van der Waals surface area contributed by atoms with Gasteiger partial charge < -0.3 is 9.47 Å². The summed E-state index contributed by atoms with van der Waals surface area (Å²) in [6.45, 7) is 4.40. The summed E-state index contributed by atoms with van der Waals surface area (Å²) in [6.07, 6.45) is 4.43. The van der Waals surface area contributed by atoms with Crippen molar-refractivity contribution in [2.24, 2.45) is 11.8 Å². The van der Waals surface area contributed by atoms with E-state index in [1.807, 2.05) is 54.6 Å². The van der Waals surface area contributed by atoms with Gasteiger partial charge in [0.2, 0.25) is 0 Å². The molecular formula is C27H31N3O3. The van der Waals surface area contributed by atoms with E-state index in [0.29, 0.717) is 5.92 Å². The number of amides is 1. The Hall–Kier alpha value is -3.12. The number of rotatable bonds is 6. The fraction of sp³-hybridized carbons (Fsp3) is 0.407. The Morgan fingerprint density at radius 1 is 1.21 bits per heavy atom. The third-order valence-corrected chi connectivity index (χ3v) is 7.35. The number of pyridine rings is 1. The van der Waals surface area contributed by atoms with Gasteiger partial charge in [-0.3, -0.25) is 15.2 Å². The van der Waals surface area contributed by atoms with Crippen LogP contribution in [0.25, 0.3) is 10.9 Å². The summed E-state index contributed by atoms with van der Waals surface area (Å²) in [5, 5.41) is 3.86. The molecule has 1 N–H and O–H groups in total. The predicted octanol–water partition coefficient (Wildman–Crippen LogP) is 5.65. The van der Waals surface area contributed by atoms with Crippen LogP contribution >= 0.6 is 0 Å². The molecule has 5 atom stereocenters. The lowest BCUT2D eigenvalue weighted by Crippen LogP contribution is -2.55. The quantitative estimate of drug-likeness (QED) is 0.531. The van der Waals surface area contributed by atoms with Crippen LogP contribution in [0.5, 0.6) is 5.75 Å². The summed E-state index contributed by atoms with van der Waals surface area (Å²) in [4.78, 5) is 20.1. The third-order valence-electron chi connectivity index (χ3n) is 7.35. The van der Waals surface area contributed by atoms with Gasteiger partial charge in [-0.25, -0.2) is 4.79 Å². The summed E-state index contributed by atoms with van der Waals surface area (Å²) in [5.74, 6) is 2.17. The van der Waals surface area contributed by atoms with Gasteiger partial charge in [-0.15, -0.1) is 0 Å². The fourth-order valence-corrected chi connectivity index (χ4v) is 5.61. The second kappa shape index (κ2) is 9.40. The largest absolute Gasteiger partial charge is 0.497 e. The summed E-state index contributed by atoms with van der Waals surface area (Å²) < 4.78 is 11.7. The number of benzene rings is 2. The highest BCUT2D eigenvalue weighted by molar-refractivity contribution is 5.86. The van der Waals surface area contributed by atoms with Crippen LogP contribution in [0.1, 0.15) is 37.9 Å². The van der Waals surface area contributed by atoms with E-state index < -0.39 is 12.2 Å². The average Bonchev–Trinajstić information content (AvgIpc) is 2.87. The normalized spacial score (nSPS) is 24.9. The van der Waals surface area contributed by atoms with Gasteiger partial charge in [0.1, 0.15) is 11.9 Å². The predicted molar refractivity (Wildman–Crippen MR) is 129 cm³/mol. The molecule has 6 nitrogen and oxygen atoms in total. The zero-order chi connectivity index (χ0) is 22.8. The van der Waals surface area contributed by atoms with Crippen molar-refractivity contribution in [3.8, 4) is 5.75 Å². The fourth-order valence-electron chi connectivity index (χ4n) is 5.61. The molecule has 6 heteroatoms. The summed E-state index contributed by atoms with van der Waals surface area (Å²) in [5.41, 5.74) is 2.57. The Balaban J connectivity index is 1.51. The highest BCUT2D eigenvalue weighted by Gasteiger charge is 2.44. The summed E-state index contributed by atoms with van der Waals surface area (Å²) >= 11 is 0. The van der Waals surface area contributed by atoms with Crippen molar-refractivity contribution >= 4 is 22.7 Å². The van der Waals surface area contributed by atoms with Crippen molar-refractivity contribution in [3.63, 3.8) is 0 Å². The number of hydrogen-bond acceptors (Lipinski definition) is 5. The molecule has 172 valence electrons. The minimum Gasteiger partial charge on any atom is -0.497 e. The Bertz CT molecular complexity index is 1120. The second-order valence-corrected chi connectivity index (χ2v) is 9.12. The van der Waals surface area contributed by atoms with E-state index >= 15 is 0 Å². The minimum atomic E-state index is -0.436. The number of aromatic nitrogens is 1. The molecule has 3 aliphatic rings. The number of para-hydroxylation sites is 1. The van der Waals surface area contributed by atoms with E-state index in [1.54, 1.807) is 13.3 Å². The molecule has 1 aromatic heterocycles. The van der Waals surface area contributed by atoms with Crippen LogP contribution in [0, 0.1) is 11.8 Å². The van der Waals surface area contributed by atoms with Crippen LogP contribution < -0.4 is 10.1 Å². The first kappa shape index (κ1) is 21.7. The molecule has 1 amide bonds. The molecule has 3 saturated heterocycles. The van der Waals surface area contributed by atoms with E-state index in [2.05, 4.69) is 22.1 Å². The van der Waals surface area contributed by atoms with Crippen molar-refractivity contribution < 1.29 is 14.3 Å². The average molecular weight is 446 g/mol. The number of nitrogens with one attached hydrogen (secondary N) is 1. The summed E-state index contributed by atoms with van der Waals surface area (Å²) in [6, 6.07) is 17.4. The Labute approximate surface area is 194 Å². The molecule has 33 heavy (non-hydrogen) atoms. The van der Waals surface area contributed by atoms with Crippen molar-refractivity contribution in [2.75, 3.05) is 25.5 Å². The second-order valence-electron chi connectivity index (χ2n) is 9.12. The molecule has 0 saturated carbocycles. The number of anilines is 1. The van der Waals surface area contributed by atoms with E-state index in [-0.39, 0.29) is 6.04 Å². The van der Waals surface area contributed by atoms with Crippen LogP contribution in [-0.2, 0) is 4.74 Å². The van der Waals surface area contributed by atoms with Crippen molar-refractivity contribution in [3.05, 3.63) is 66.4 Å². The van der Waals surface area contributed by atoms with Crippen molar-refractivity contribution in [2.45, 2.75) is 38.3 Å². The first-order chi connectivity index (χ1) is 16.2. The number of piperidine rings is 3. The molecule has 3 aliphatic heterocycles. The standard InChI is InChI=1S/C27H31N3O3/c1-3-18-17-30-14-12-19(18)15-25(30)26(33-27(31)29-20-7-5-4-6-8-20)22-11-13-28-24-10-9-21(32-2)16-23(22)24/h4-11,13,16,18-19,25-26H,3,12,14-15,17H2,1-2H3,(H,29,31). The van der Waals surface area contributed by atoms with Crippen LogP contribution in [0.15, 0.2) is 60.8 Å². The van der Waals surface area contributed by atoms with Gasteiger partial charge in [0, 0.05) is 29.4 Å². The molecule has 0 spiro atoms. The molecule has 0 aliphatic carbocycles. The molecule has 2 bridgehead atoms. The number of carbonyl (C=O) groups excluding carboxylic acids is 1. The molecule has 2 aromatic carbocycles. The van der Waals surface area contributed by atoms with Crippen molar-refractivity contribution in [1.82, 2.24) is 9.88 Å². The lowest BCUT2D eigenvalue weighted by Gasteiger charge is -2.51. The van der Waals surface area contributed by atoms with Crippen molar-refractivity contribution in [1.29, 1.82) is 0 Å². The first-order valence-electron chi connectivity index (χ1n) is 11.9. The van der Waals surface area contributed by atoms with Gasteiger partial charge in [-0.1, -0.05) is 31.5 Å². The van der Waals surface area contributed by atoms with Crippen LogP contribution in [0.3, 0.4) is 0 Å². The Morgan fingerprint density at radius 2 is 2.06 bits per heavy atom. The lowest BCUT2D eigenvalue weighted by atomic mass is 9.72. The molecule has 3 fully saturated rings. The monoisotopic (exact) mass is 445 g/mol. The number of methoxy groups -OCH3 is 1. The molecule has 4 heterocycles. The number of fused-ring (bicyclic) bond motifs is 4. The maximum Gasteiger partial charge on any atom is 0.412 e. The van der Waals surface area contributed by atoms with Crippen LogP contribution in [0.2, 0.25) is 0 Å². The van der Waals surface area contributed by atoms with Gasteiger partial charge in [0.15, 0.2) is 0 Å². The number of carbonyl (C=O) groups is 1. The van der Waals surface area contributed by atoms with E-state index in [0.717, 1.165) is 53.3 Å². The highest BCUT2D eigenvalue weighted by Crippen LogP contribution is 2.44. The van der Waals surface area contributed by atoms with E-state index in [9.17, 15) is 4.79 Å². The Kier molecular flexibility index (Phi) is 6.18. The molecule has 3 aromatic rings.